The van der Waals surface area contributed by atoms with Gasteiger partial charge in [0.25, 0.3) is 0 Å². The molecule has 2 nitrogen and oxygen atoms in total. The number of nitrogens with two attached hydrogens (primary N) is 1. The molecule has 0 amide bonds. The largest absolute Gasteiger partial charge is 0.389 e. The van der Waals surface area contributed by atoms with Crippen molar-refractivity contribution in [3.63, 3.8) is 0 Å². The SMILES string of the molecule is CC(C)c1ccc(CNc2ccc(Br)cc2C(N)=S)cc1. The lowest BCUT2D eigenvalue weighted by Crippen LogP contribution is -2.13. The maximum Gasteiger partial charge on any atom is 0.106 e. The monoisotopic (exact) mass is 362 g/mol. The number of thiocarbonyl (C=S) groups is 1. The van der Waals surface area contributed by atoms with E-state index in [0.29, 0.717) is 10.9 Å². The van der Waals surface area contributed by atoms with Crippen LogP contribution >= 0.6 is 28.1 Å². The molecule has 0 heterocycles. The van der Waals surface area contributed by atoms with Crippen molar-refractivity contribution in [3.8, 4) is 0 Å². The predicted octanol–water partition coefficient (Wildman–Crippen LogP) is 4.82. The zero-order valence-electron chi connectivity index (χ0n) is 12.2. The summed E-state index contributed by atoms with van der Waals surface area (Å²) in [5.74, 6) is 0.555. The van der Waals surface area contributed by atoms with Crippen molar-refractivity contribution in [2.45, 2.75) is 26.3 Å². The fraction of sp³-hybridized carbons (Fsp3) is 0.235. The molecule has 21 heavy (non-hydrogen) atoms. The maximum atomic E-state index is 5.78. The molecule has 0 unspecified atom stereocenters. The van der Waals surface area contributed by atoms with E-state index in [0.717, 1.165) is 22.3 Å². The van der Waals surface area contributed by atoms with Gasteiger partial charge in [-0.2, -0.15) is 0 Å². The van der Waals surface area contributed by atoms with Gasteiger partial charge in [-0.05, 0) is 35.2 Å². The Morgan fingerprint density at radius 1 is 1.19 bits per heavy atom. The van der Waals surface area contributed by atoms with Crippen LogP contribution in [0.2, 0.25) is 0 Å². The number of hydrogen-bond donors (Lipinski definition) is 2. The second-order valence-corrected chi connectivity index (χ2v) is 6.66. The van der Waals surface area contributed by atoms with E-state index >= 15 is 0 Å². The molecule has 0 spiro atoms. The number of benzene rings is 2. The lowest BCUT2D eigenvalue weighted by Gasteiger charge is -2.12. The molecule has 3 N–H and O–H groups in total. The Morgan fingerprint density at radius 3 is 2.43 bits per heavy atom. The third-order valence-corrected chi connectivity index (χ3v) is 4.09. The summed E-state index contributed by atoms with van der Waals surface area (Å²) in [5, 5.41) is 3.40. The molecule has 0 fully saturated rings. The first-order chi connectivity index (χ1) is 9.97. The van der Waals surface area contributed by atoms with Crippen LogP contribution in [0.1, 0.15) is 36.5 Å². The normalized spacial score (nSPS) is 10.7. The average Bonchev–Trinajstić information content (AvgIpc) is 2.46. The first-order valence-electron chi connectivity index (χ1n) is 6.89. The zero-order valence-corrected chi connectivity index (χ0v) is 14.6. The highest BCUT2D eigenvalue weighted by Crippen LogP contribution is 2.22. The van der Waals surface area contributed by atoms with Crippen LogP contribution in [0.5, 0.6) is 0 Å². The molecule has 0 aromatic heterocycles. The summed E-state index contributed by atoms with van der Waals surface area (Å²) in [6.45, 7) is 5.14. The van der Waals surface area contributed by atoms with Gasteiger partial charge in [-0.25, -0.2) is 0 Å². The van der Waals surface area contributed by atoms with Crippen molar-refractivity contribution < 1.29 is 0 Å². The third-order valence-electron chi connectivity index (χ3n) is 3.38. The van der Waals surface area contributed by atoms with E-state index in [1.54, 1.807) is 0 Å². The smallest absolute Gasteiger partial charge is 0.106 e. The molecule has 0 aliphatic heterocycles. The fourth-order valence-electron chi connectivity index (χ4n) is 2.09. The van der Waals surface area contributed by atoms with Gasteiger partial charge in [0.15, 0.2) is 0 Å². The maximum absolute atomic E-state index is 5.78. The van der Waals surface area contributed by atoms with Crippen LogP contribution in [0, 0.1) is 0 Å². The first kappa shape index (κ1) is 16.0. The van der Waals surface area contributed by atoms with Gasteiger partial charge in [0.1, 0.15) is 4.99 Å². The Bertz CT molecular complexity index is 636. The minimum Gasteiger partial charge on any atom is -0.389 e. The Hall–Kier alpha value is -1.39. The summed E-state index contributed by atoms with van der Waals surface area (Å²) in [7, 11) is 0. The number of rotatable bonds is 5. The van der Waals surface area contributed by atoms with E-state index in [-0.39, 0.29) is 0 Å². The zero-order chi connectivity index (χ0) is 15.4. The highest BCUT2D eigenvalue weighted by atomic mass is 79.9. The van der Waals surface area contributed by atoms with Crippen molar-refractivity contribution in [2.75, 3.05) is 5.32 Å². The second-order valence-electron chi connectivity index (χ2n) is 5.30. The molecule has 0 aliphatic rings. The number of hydrogen-bond acceptors (Lipinski definition) is 2. The minimum atomic E-state index is 0.397. The molecule has 0 bridgehead atoms. The van der Waals surface area contributed by atoms with Gasteiger partial charge in [0.05, 0.1) is 0 Å². The van der Waals surface area contributed by atoms with Crippen LogP contribution < -0.4 is 11.1 Å². The van der Waals surface area contributed by atoms with Gasteiger partial charge in [-0.1, -0.05) is 66.3 Å². The molecule has 0 saturated heterocycles. The standard InChI is InChI=1S/C17H19BrN2S/c1-11(2)13-5-3-12(4-6-13)10-20-16-8-7-14(18)9-15(16)17(19)21/h3-9,11,20H,10H2,1-2H3,(H2,19,21). The van der Waals surface area contributed by atoms with Crippen molar-refractivity contribution in [1.82, 2.24) is 0 Å². The van der Waals surface area contributed by atoms with Gasteiger partial charge in [0.2, 0.25) is 0 Å². The van der Waals surface area contributed by atoms with Crippen LogP contribution in [0.3, 0.4) is 0 Å². The second kappa shape index (κ2) is 7.05. The quantitative estimate of drug-likeness (QED) is 0.748. The Labute approximate surface area is 139 Å². The molecule has 0 atom stereocenters. The molecule has 2 rings (SSSR count). The van der Waals surface area contributed by atoms with E-state index in [4.69, 9.17) is 18.0 Å². The highest BCUT2D eigenvalue weighted by molar-refractivity contribution is 9.10. The average molecular weight is 363 g/mol. The summed E-state index contributed by atoms with van der Waals surface area (Å²) >= 11 is 8.54. The number of nitrogens with one attached hydrogen (secondary N) is 1. The number of anilines is 1. The Kier molecular flexibility index (Phi) is 5.37. The minimum absolute atomic E-state index is 0.397. The Balaban J connectivity index is 2.11. The van der Waals surface area contributed by atoms with Gasteiger partial charge < -0.3 is 11.1 Å². The summed E-state index contributed by atoms with van der Waals surface area (Å²) in [4.78, 5) is 0.397. The molecular formula is C17H19BrN2S. The van der Waals surface area contributed by atoms with Gasteiger partial charge in [-0.15, -0.1) is 0 Å². The lowest BCUT2D eigenvalue weighted by molar-refractivity contribution is 0.865. The van der Waals surface area contributed by atoms with Crippen LogP contribution in [0.4, 0.5) is 5.69 Å². The van der Waals surface area contributed by atoms with Crippen molar-refractivity contribution in [2.24, 2.45) is 5.73 Å². The molecule has 110 valence electrons. The van der Waals surface area contributed by atoms with E-state index < -0.39 is 0 Å². The topological polar surface area (TPSA) is 38.0 Å². The van der Waals surface area contributed by atoms with E-state index in [9.17, 15) is 0 Å². The van der Waals surface area contributed by atoms with E-state index in [2.05, 4.69) is 59.4 Å². The van der Waals surface area contributed by atoms with Crippen molar-refractivity contribution in [3.05, 3.63) is 63.6 Å². The van der Waals surface area contributed by atoms with Crippen LogP contribution in [0.25, 0.3) is 0 Å². The lowest BCUT2D eigenvalue weighted by atomic mass is 10.0. The molecule has 4 heteroatoms. The van der Waals surface area contributed by atoms with E-state index in [1.165, 1.54) is 11.1 Å². The Morgan fingerprint density at radius 2 is 1.86 bits per heavy atom. The summed E-state index contributed by atoms with van der Waals surface area (Å²) in [6.07, 6.45) is 0. The predicted molar refractivity (Wildman–Crippen MR) is 97.9 cm³/mol. The molecule has 0 saturated carbocycles. The number of halogens is 1. The summed E-state index contributed by atoms with van der Waals surface area (Å²) < 4.78 is 0.970. The highest BCUT2D eigenvalue weighted by Gasteiger charge is 2.06. The van der Waals surface area contributed by atoms with E-state index in [1.807, 2.05) is 18.2 Å². The van der Waals surface area contributed by atoms with Crippen LogP contribution in [-0.4, -0.2) is 4.99 Å². The van der Waals surface area contributed by atoms with Crippen LogP contribution in [0.15, 0.2) is 46.9 Å². The summed E-state index contributed by atoms with van der Waals surface area (Å²) in [6, 6.07) is 14.6. The first-order valence-corrected chi connectivity index (χ1v) is 8.09. The molecule has 2 aromatic carbocycles. The fourth-order valence-corrected chi connectivity index (χ4v) is 2.62. The van der Waals surface area contributed by atoms with Gasteiger partial charge in [-0.3, -0.25) is 0 Å². The third kappa shape index (κ3) is 4.29. The molecule has 2 aromatic rings. The van der Waals surface area contributed by atoms with Crippen LogP contribution in [-0.2, 0) is 6.54 Å². The van der Waals surface area contributed by atoms with Crippen molar-refractivity contribution in [1.29, 1.82) is 0 Å². The van der Waals surface area contributed by atoms with Crippen molar-refractivity contribution >= 4 is 38.8 Å². The molecule has 0 radical (unpaired) electrons. The molecule has 0 aliphatic carbocycles. The summed E-state index contributed by atoms with van der Waals surface area (Å²) in [5.41, 5.74) is 10.2. The van der Waals surface area contributed by atoms with Gasteiger partial charge >= 0.3 is 0 Å². The molecular weight excluding hydrogens is 344 g/mol. The van der Waals surface area contributed by atoms with Gasteiger partial charge in [0, 0.05) is 22.3 Å².